The van der Waals surface area contributed by atoms with Gasteiger partial charge in [-0.3, -0.25) is 0 Å². The van der Waals surface area contributed by atoms with Gasteiger partial charge in [-0.2, -0.15) is 0 Å². The summed E-state index contributed by atoms with van der Waals surface area (Å²) in [5, 5.41) is 3.29. The minimum atomic E-state index is 0.119. The third kappa shape index (κ3) is 4.80. The van der Waals surface area contributed by atoms with Crippen molar-refractivity contribution < 1.29 is 4.74 Å². The van der Waals surface area contributed by atoms with Crippen molar-refractivity contribution in [1.82, 2.24) is 0 Å². The fourth-order valence-electron chi connectivity index (χ4n) is 1.44. The van der Waals surface area contributed by atoms with Gasteiger partial charge in [-0.05, 0) is 26.0 Å². The molecule has 98 valence electrons. The highest BCUT2D eigenvalue weighted by Crippen LogP contribution is 2.29. The average molecular weight is 264 g/mol. The predicted octanol–water partition coefficient (Wildman–Crippen LogP) is 2.83. The summed E-state index contributed by atoms with van der Waals surface area (Å²) in [6.07, 6.45) is 5.30. The van der Waals surface area contributed by atoms with Crippen LogP contribution in [0.25, 0.3) is 0 Å². The van der Waals surface area contributed by atoms with Gasteiger partial charge in [0.15, 0.2) is 0 Å². The van der Waals surface area contributed by atoms with Gasteiger partial charge < -0.3 is 15.8 Å². The van der Waals surface area contributed by atoms with Crippen molar-refractivity contribution in [3.8, 4) is 18.1 Å². The van der Waals surface area contributed by atoms with Gasteiger partial charge in [0.1, 0.15) is 5.75 Å². The number of nitrogen functional groups attached to an aromatic ring is 1. The SMILES string of the molecule is C#CCSCCNc1cccc(OC(C)C)c1N. The van der Waals surface area contributed by atoms with E-state index < -0.39 is 0 Å². The van der Waals surface area contributed by atoms with Gasteiger partial charge >= 0.3 is 0 Å². The molecule has 0 aromatic heterocycles. The minimum Gasteiger partial charge on any atom is -0.489 e. The Labute approximate surface area is 113 Å². The molecule has 0 bridgehead atoms. The summed E-state index contributed by atoms with van der Waals surface area (Å²) in [6.45, 7) is 4.80. The van der Waals surface area contributed by atoms with Crippen LogP contribution in [0.2, 0.25) is 0 Å². The van der Waals surface area contributed by atoms with Crippen LogP contribution in [0, 0.1) is 12.3 Å². The number of ether oxygens (including phenoxy) is 1. The second-order valence-electron chi connectivity index (χ2n) is 4.07. The standard InChI is InChI=1S/C14H20N2OS/c1-4-9-18-10-8-16-12-6-5-7-13(14(12)15)17-11(2)3/h1,5-7,11,16H,8-10,15H2,2-3H3. The maximum atomic E-state index is 6.05. The topological polar surface area (TPSA) is 47.3 Å². The molecular formula is C14H20N2OS. The minimum absolute atomic E-state index is 0.119. The Balaban J connectivity index is 2.53. The molecule has 0 saturated carbocycles. The molecular weight excluding hydrogens is 244 g/mol. The fourth-order valence-corrected chi connectivity index (χ4v) is 1.95. The second kappa shape index (κ2) is 7.78. The lowest BCUT2D eigenvalue weighted by atomic mass is 10.2. The third-order valence-corrected chi connectivity index (χ3v) is 3.04. The summed E-state index contributed by atoms with van der Waals surface area (Å²) in [4.78, 5) is 0. The second-order valence-corrected chi connectivity index (χ2v) is 5.17. The molecule has 0 fully saturated rings. The largest absolute Gasteiger partial charge is 0.489 e. The molecule has 0 spiro atoms. The van der Waals surface area contributed by atoms with Gasteiger partial charge in [0.25, 0.3) is 0 Å². The quantitative estimate of drug-likeness (QED) is 0.452. The van der Waals surface area contributed by atoms with Crippen LogP contribution >= 0.6 is 11.8 Å². The highest BCUT2D eigenvalue weighted by atomic mass is 32.2. The van der Waals surface area contributed by atoms with Crippen molar-refractivity contribution >= 4 is 23.1 Å². The van der Waals surface area contributed by atoms with Gasteiger partial charge in [0.2, 0.25) is 0 Å². The number of terminal acetylenes is 1. The fraction of sp³-hybridized carbons (Fsp3) is 0.429. The van der Waals surface area contributed by atoms with Crippen molar-refractivity contribution in [1.29, 1.82) is 0 Å². The van der Waals surface area contributed by atoms with Crippen LogP contribution in [-0.4, -0.2) is 24.2 Å². The van der Waals surface area contributed by atoms with Crippen molar-refractivity contribution in [3.05, 3.63) is 18.2 Å². The first-order valence-electron chi connectivity index (χ1n) is 5.95. The van der Waals surface area contributed by atoms with E-state index in [0.29, 0.717) is 5.69 Å². The number of nitrogens with two attached hydrogens (primary N) is 1. The van der Waals surface area contributed by atoms with Crippen LogP contribution in [0.15, 0.2) is 18.2 Å². The number of thioether (sulfide) groups is 1. The van der Waals surface area contributed by atoms with Crippen molar-refractivity contribution in [2.24, 2.45) is 0 Å². The molecule has 3 nitrogen and oxygen atoms in total. The Morgan fingerprint density at radius 2 is 2.28 bits per heavy atom. The van der Waals surface area contributed by atoms with Crippen LogP contribution in [0.3, 0.4) is 0 Å². The zero-order valence-electron chi connectivity index (χ0n) is 10.9. The van der Waals surface area contributed by atoms with Gasteiger partial charge in [0.05, 0.1) is 23.2 Å². The molecule has 1 aromatic carbocycles. The summed E-state index contributed by atoms with van der Waals surface area (Å²) in [5.41, 5.74) is 7.62. The van der Waals surface area contributed by atoms with E-state index in [1.165, 1.54) is 0 Å². The van der Waals surface area contributed by atoms with Gasteiger partial charge in [-0.1, -0.05) is 12.0 Å². The lowest BCUT2D eigenvalue weighted by molar-refractivity contribution is 0.244. The zero-order chi connectivity index (χ0) is 13.4. The number of rotatable bonds is 7. The van der Waals surface area contributed by atoms with Crippen LogP contribution in [0.5, 0.6) is 5.75 Å². The molecule has 18 heavy (non-hydrogen) atoms. The summed E-state index contributed by atoms with van der Waals surface area (Å²) in [6, 6.07) is 5.77. The van der Waals surface area contributed by atoms with Crippen LogP contribution < -0.4 is 15.8 Å². The molecule has 0 saturated heterocycles. The molecule has 0 aliphatic carbocycles. The van der Waals surface area contributed by atoms with Crippen molar-refractivity contribution in [3.63, 3.8) is 0 Å². The Kier molecular flexibility index (Phi) is 6.31. The number of para-hydroxylation sites is 1. The first-order chi connectivity index (χ1) is 8.65. The summed E-state index contributed by atoms with van der Waals surface area (Å²) >= 11 is 1.72. The maximum absolute atomic E-state index is 6.05. The molecule has 0 aliphatic heterocycles. The van der Waals surface area contributed by atoms with Crippen molar-refractivity contribution in [2.45, 2.75) is 20.0 Å². The summed E-state index contributed by atoms with van der Waals surface area (Å²) in [7, 11) is 0. The number of benzene rings is 1. The van der Waals surface area contributed by atoms with E-state index in [9.17, 15) is 0 Å². The van der Waals surface area contributed by atoms with E-state index in [-0.39, 0.29) is 6.10 Å². The highest BCUT2D eigenvalue weighted by Gasteiger charge is 2.06. The Bertz CT molecular complexity index is 413. The molecule has 0 heterocycles. The first kappa shape index (κ1) is 14.6. The number of hydrogen-bond acceptors (Lipinski definition) is 4. The van der Waals surface area contributed by atoms with Gasteiger partial charge in [-0.25, -0.2) is 0 Å². The molecule has 0 radical (unpaired) electrons. The molecule has 0 aliphatic rings. The third-order valence-electron chi connectivity index (χ3n) is 2.18. The molecule has 0 amide bonds. The van der Waals surface area contributed by atoms with E-state index in [1.54, 1.807) is 11.8 Å². The molecule has 0 atom stereocenters. The maximum Gasteiger partial charge on any atom is 0.144 e. The molecule has 4 heteroatoms. The molecule has 3 N–H and O–H groups in total. The Morgan fingerprint density at radius 3 is 2.94 bits per heavy atom. The smallest absolute Gasteiger partial charge is 0.144 e. The normalized spacial score (nSPS) is 10.1. The highest BCUT2D eigenvalue weighted by molar-refractivity contribution is 7.99. The summed E-state index contributed by atoms with van der Waals surface area (Å²) in [5.74, 6) is 5.03. The van der Waals surface area contributed by atoms with E-state index in [4.69, 9.17) is 16.9 Å². The van der Waals surface area contributed by atoms with Crippen LogP contribution in [0.4, 0.5) is 11.4 Å². The van der Waals surface area contributed by atoms with Crippen molar-refractivity contribution in [2.75, 3.05) is 29.1 Å². The van der Waals surface area contributed by atoms with E-state index in [0.717, 1.165) is 29.5 Å². The van der Waals surface area contributed by atoms with Crippen LogP contribution in [-0.2, 0) is 0 Å². The van der Waals surface area contributed by atoms with Gasteiger partial charge in [0, 0.05) is 12.3 Å². The Morgan fingerprint density at radius 1 is 1.50 bits per heavy atom. The first-order valence-corrected chi connectivity index (χ1v) is 7.11. The average Bonchev–Trinajstić information content (AvgIpc) is 2.33. The Hall–Kier alpha value is -1.47. The number of nitrogens with one attached hydrogen (secondary N) is 1. The monoisotopic (exact) mass is 264 g/mol. The number of anilines is 2. The van der Waals surface area contributed by atoms with Gasteiger partial charge in [-0.15, -0.1) is 18.2 Å². The zero-order valence-corrected chi connectivity index (χ0v) is 11.7. The molecule has 1 rings (SSSR count). The lowest BCUT2D eigenvalue weighted by Crippen LogP contribution is -2.10. The lowest BCUT2D eigenvalue weighted by Gasteiger charge is -2.15. The number of hydrogen-bond donors (Lipinski definition) is 2. The summed E-state index contributed by atoms with van der Waals surface area (Å²) < 4.78 is 5.63. The van der Waals surface area contributed by atoms with Crippen LogP contribution in [0.1, 0.15) is 13.8 Å². The molecule has 1 aromatic rings. The van der Waals surface area contributed by atoms with E-state index in [2.05, 4.69) is 11.2 Å². The molecule has 0 unspecified atom stereocenters. The van der Waals surface area contributed by atoms with E-state index >= 15 is 0 Å². The predicted molar refractivity (Wildman–Crippen MR) is 81.3 cm³/mol. The van der Waals surface area contributed by atoms with E-state index in [1.807, 2.05) is 32.0 Å².